The Labute approximate surface area is 120 Å². The van der Waals surface area contributed by atoms with Gasteiger partial charge in [-0.3, -0.25) is 0 Å². The Morgan fingerprint density at radius 1 is 1.50 bits per heavy atom. The van der Waals surface area contributed by atoms with E-state index < -0.39 is 0 Å². The molecule has 1 unspecified atom stereocenters. The maximum Gasteiger partial charge on any atom is 0.144 e. The summed E-state index contributed by atoms with van der Waals surface area (Å²) in [5, 5.41) is 9.37. The number of nitrogen functional groups attached to an aromatic ring is 1. The second kappa shape index (κ2) is 5.89. The summed E-state index contributed by atoms with van der Waals surface area (Å²) in [6, 6.07) is 5.79. The van der Waals surface area contributed by atoms with Gasteiger partial charge in [0.15, 0.2) is 0 Å². The summed E-state index contributed by atoms with van der Waals surface area (Å²) in [5.41, 5.74) is 7.29. The molecule has 3 N–H and O–H groups in total. The van der Waals surface area contributed by atoms with Crippen LogP contribution in [0.1, 0.15) is 20.8 Å². The molecule has 20 heavy (non-hydrogen) atoms. The predicted molar refractivity (Wildman–Crippen MR) is 80.3 cm³/mol. The van der Waals surface area contributed by atoms with Gasteiger partial charge < -0.3 is 25.2 Å². The van der Waals surface area contributed by atoms with Gasteiger partial charge >= 0.3 is 0 Å². The number of nitrogens with two attached hydrogens (primary N) is 1. The fourth-order valence-electron chi connectivity index (χ4n) is 2.59. The number of hydrogen-bond donors (Lipinski definition) is 2. The number of morpholine rings is 1. The minimum absolute atomic E-state index is 0.0211. The lowest BCUT2D eigenvalue weighted by molar-refractivity contribution is -0.101. The third-order valence-corrected chi connectivity index (χ3v) is 3.35. The lowest BCUT2D eigenvalue weighted by atomic mass is 10.0. The van der Waals surface area contributed by atoms with E-state index in [0.717, 1.165) is 12.2 Å². The molecule has 0 bridgehead atoms. The Balaban J connectivity index is 2.23. The molecule has 5 heteroatoms. The number of hydrogen-bond acceptors (Lipinski definition) is 5. The van der Waals surface area contributed by atoms with Crippen molar-refractivity contribution < 1.29 is 14.6 Å². The summed E-state index contributed by atoms with van der Waals surface area (Å²) in [6.45, 7) is 8.03. The molecule has 0 radical (unpaired) electrons. The molecule has 1 fully saturated rings. The highest BCUT2D eigenvalue weighted by Crippen LogP contribution is 2.31. The summed E-state index contributed by atoms with van der Waals surface area (Å²) < 4.78 is 11.4. The van der Waals surface area contributed by atoms with E-state index in [2.05, 4.69) is 4.90 Å². The van der Waals surface area contributed by atoms with Gasteiger partial charge in [0.2, 0.25) is 0 Å². The third kappa shape index (κ3) is 3.35. The third-order valence-electron chi connectivity index (χ3n) is 3.35. The SMILES string of the molecule is CCOc1cc(N2CC(CO)OC(C)(C)C2)ccc1N. The van der Waals surface area contributed by atoms with E-state index in [0.29, 0.717) is 24.6 Å². The summed E-state index contributed by atoms with van der Waals surface area (Å²) in [5.74, 6) is 0.704. The second-order valence-corrected chi connectivity index (χ2v) is 5.72. The average molecular weight is 280 g/mol. The molecule has 1 aliphatic heterocycles. The molecule has 1 aromatic rings. The Kier molecular flexibility index (Phi) is 4.40. The van der Waals surface area contributed by atoms with Crippen LogP contribution in [0, 0.1) is 0 Å². The topological polar surface area (TPSA) is 68.0 Å². The van der Waals surface area contributed by atoms with E-state index in [9.17, 15) is 5.11 Å². The standard InChI is InChI=1S/C15H24N2O3/c1-4-19-14-7-11(5-6-13(14)16)17-8-12(9-18)20-15(2,3)10-17/h5-7,12,18H,4,8-10,16H2,1-3H3. The quantitative estimate of drug-likeness (QED) is 0.821. The number of rotatable bonds is 4. The fraction of sp³-hybridized carbons (Fsp3) is 0.600. The highest BCUT2D eigenvalue weighted by atomic mass is 16.5. The lowest BCUT2D eigenvalue weighted by Crippen LogP contribution is -2.54. The van der Waals surface area contributed by atoms with Gasteiger partial charge in [-0.25, -0.2) is 0 Å². The predicted octanol–water partition coefficient (Wildman–Crippen LogP) is 1.64. The van der Waals surface area contributed by atoms with E-state index in [-0.39, 0.29) is 18.3 Å². The largest absolute Gasteiger partial charge is 0.492 e. The number of benzene rings is 1. The Bertz CT molecular complexity index is 462. The van der Waals surface area contributed by atoms with Crippen LogP contribution in [0.4, 0.5) is 11.4 Å². The van der Waals surface area contributed by atoms with Crippen molar-refractivity contribution in [3.05, 3.63) is 18.2 Å². The summed E-state index contributed by atoms with van der Waals surface area (Å²) in [6.07, 6.45) is -0.174. The molecule has 1 saturated heterocycles. The van der Waals surface area contributed by atoms with Crippen LogP contribution in [-0.4, -0.2) is 43.1 Å². The zero-order valence-corrected chi connectivity index (χ0v) is 12.4. The van der Waals surface area contributed by atoms with Crippen molar-refractivity contribution in [1.82, 2.24) is 0 Å². The number of aliphatic hydroxyl groups is 1. The smallest absolute Gasteiger partial charge is 0.144 e. The first-order chi connectivity index (χ1) is 9.45. The Hall–Kier alpha value is -1.46. The summed E-state index contributed by atoms with van der Waals surface area (Å²) in [7, 11) is 0. The van der Waals surface area contributed by atoms with Crippen LogP contribution in [0.25, 0.3) is 0 Å². The zero-order chi connectivity index (χ0) is 14.8. The van der Waals surface area contributed by atoms with Gasteiger partial charge in [0, 0.05) is 24.8 Å². The van der Waals surface area contributed by atoms with Crippen molar-refractivity contribution in [2.75, 3.05) is 36.9 Å². The molecular formula is C15H24N2O3. The molecule has 0 aliphatic carbocycles. The van der Waals surface area contributed by atoms with Crippen LogP contribution in [-0.2, 0) is 4.74 Å². The molecule has 1 aliphatic rings. The number of aliphatic hydroxyl groups excluding tert-OH is 1. The van der Waals surface area contributed by atoms with Gasteiger partial charge in [-0.1, -0.05) is 0 Å². The molecule has 2 rings (SSSR count). The van der Waals surface area contributed by atoms with Crippen molar-refractivity contribution in [2.24, 2.45) is 0 Å². The molecule has 112 valence electrons. The van der Waals surface area contributed by atoms with Gasteiger partial charge in [-0.2, -0.15) is 0 Å². The highest BCUT2D eigenvalue weighted by Gasteiger charge is 2.33. The fourth-order valence-corrected chi connectivity index (χ4v) is 2.59. The maximum atomic E-state index is 9.37. The number of ether oxygens (including phenoxy) is 2. The first kappa shape index (κ1) is 14.9. The Morgan fingerprint density at radius 3 is 2.90 bits per heavy atom. The van der Waals surface area contributed by atoms with Crippen molar-refractivity contribution in [2.45, 2.75) is 32.5 Å². The number of anilines is 2. The van der Waals surface area contributed by atoms with Crippen molar-refractivity contribution in [1.29, 1.82) is 0 Å². The highest BCUT2D eigenvalue weighted by molar-refractivity contribution is 5.62. The zero-order valence-electron chi connectivity index (χ0n) is 12.4. The molecule has 1 heterocycles. The van der Waals surface area contributed by atoms with Crippen LogP contribution >= 0.6 is 0 Å². The maximum absolute atomic E-state index is 9.37. The number of nitrogens with zero attached hydrogens (tertiary/aromatic N) is 1. The average Bonchev–Trinajstić information content (AvgIpc) is 2.39. The van der Waals surface area contributed by atoms with Crippen molar-refractivity contribution in [3.8, 4) is 5.75 Å². The molecule has 1 atom stereocenters. The van der Waals surface area contributed by atoms with Crippen LogP contribution in [0.2, 0.25) is 0 Å². The van der Waals surface area contributed by atoms with E-state index in [1.54, 1.807) is 0 Å². The minimum Gasteiger partial charge on any atom is -0.492 e. The molecule has 0 aromatic heterocycles. The van der Waals surface area contributed by atoms with Crippen LogP contribution in [0.5, 0.6) is 5.75 Å². The Morgan fingerprint density at radius 2 is 2.25 bits per heavy atom. The molecule has 0 amide bonds. The van der Waals surface area contributed by atoms with Gasteiger partial charge in [0.05, 0.1) is 30.6 Å². The summed E-state index contributed by atoms with van der Waals surface area (Å²) in [4.78, 5) is 2.20. The van der Waals surface area contributed by atoms with Gasteiger partial charge in [-0.15, -0.1) is 0 Å². The second-order valence-electron chi connectivity index (χ2n) is 5.72. The van der Waals surface area contributed by atoms with Crippen LogP contribution in [0.3, 0.4) is 0 Å². The van der Waals surface area contributed by atoms with E-state index in [4.69, 9.17) is 15.2 Å². The lowest BCUT2D eigenvalue weighted by Gasteiger charge is -2.43. The minimum atomic E-state index is -0.293. The summed E-state index contributed by atoms with van der Waals surface area (Å²) >= 11 is 0. The molecular weight excluding hydrogens is 256 g/mol. The van der Waals surface area contributed by atoms with Gasteiger partial charge in [0.1, 0.15) is 5.75 Å². The molecule has 0 spiro atoms. The first-order valence-corrected chi connectivity index (χ1v) is 7.01. The monoisotopic (exact) mass is 280 g/mol. The molecule has 1 aromatic carbocycles. The van der Waals surface area contributed by atoms with E-state index >= 15 is 0 Å². The van der Waals surface area contributed by atoms with Crippen LogP contribution in [0.15, 0.2) is 18.2 Å². The van der Waals surface area contributed by atoms with Crippen LogP contribution < -0.4 is 15.4 Å². The van der Waals surface area contributed by atoms with Crippen molar-refractivity contribution in [3.63, 3.8) is 0 Å². The van der Waals surface area contributed by atoms with E-state index in [1.165, 1.54) is 0 Å². The van der Waals surface area contributed by atoms with Gasteiger partial charge in [-0.05, 0) is 32.9 Å². The molecule has 0 saturated carbocycles. The normalized spacial score (nSPS) is 21.8. The molecule has 5 nitrogen and oxygen atoms in total. The van der Waals surface area contributed by atoms with Gasteiger partial charge in [0.25, 0.3) is 0 Å². The van der Waals surface area contributed by atoms with E-state index in [1.807, 2.05) is 39.0 Å². The van der Waals surface area contributed by atoms with Crippen molar-refractivity contribution >= 4 is 11.4 Å². The first-order valence-electron chi connectivity index (χ1n) is 7.01.